The van der Waals surface area contributed by atoms with Gasteiger partial charge in [-0.2, -0.15) is 0 Å². The Morgan fingerprint density at radius 1 is 1.24 bits per heavy atom. The molecule has 0 atom stereocenters. The van der Waals surface area contributed by atoms with Crippen LogP contribution in [0.25, 0.3) is 0 Å². The maximum atomic E-state index is 11.7. The fourth-order valence-corrected chi connectivity index (χ4v) is 2.39. The predicted octanol–water partition coefficient (Wildman–Crippen LogP) is 3.45. The quantitative estimate of drug-likeness (QED) is 0.679. The number of ether oxygens (including phenoxy) is 1. The van der Waals surface area contributed by atoms with Crippen molar-refractivity contribution in [2.45, 2.75) is 6.54 Å². The SMILES string of the molecule is COC(=O)c1cccc(N(C)Cc2ccc(Br)cc2)c1N. The van der Waals surface area contributed by atoms with E-state index in [1.807, 2.05) is 42.3 Å². The van der Waals surface area contributed by atoms with E-state index in [-0.39, 0.29) is 0 Å². The third-order valence-corrected chi connectivity index (χ3v) is 3.76. The van der Waals surface area contributed by atoms with Gasteiger partial charge in [0.1, 0.15) is 0 Å². The molecule has 0 aromatic heterocycles. The fraction of sp³-hybridized carbons (Fsp3) is 0.188. The Hall–Kier alpha value is -2.01. The van der Waals surface area contributed by atoms with E-state index in [0.717, 1.165) is 15.7 Å². The Labute approximate surface area is 132 Å². The molecule has 2 rings (SSSR count). The summed E-state index contributed by atoms with van der Waals surface area (Å²) in [5, 5.41) is 0. The summed E-state index contributed by atoms with van der Waals surface area (Å²) < 4.78 is 5.78. The van der Waals surface area contributed by atoms with Crippen LogP contribution in [-0.2, 0) is 11.3 Å². The molecular formula is C16H17BrN2O2. The third kappa shape index (κ3) is 3.55. The Morgan fingerprint density at radius 3 is 2.52 bits per heavy atom. The summed E-state index contributed by atoms with van der Waals surface area (Å²) in [7, 11) is 3.29. The Kier molecular flexibility index (Phi) is 4.85. The van der Waals surface area contributed by atoms with Crippen LogP contribution in [0.1, 0.15) is 15.9 Å². The molecule has 0 aliphatic carbocycles. The summed E-state index contributed by atoms with van der Waals surface area (Å²) in [5.74, 6) is -0.425. The van der Waals surface area contributed by atoms with E-state index in [4.69, 9.17) is 10.5 Å². The van der Waals surface area contributed by atoms with Crippen molar-refractivity contribution in [2.24, 2.45) is 0 Å². The molecule has 110 valence electrons. The molecule has 0 bridgehead atoms. The van der Waals surface area contributed by atoms with Gasteiger partial charge in [0.25, 0.3) is 0 Å². The van der Waals surface area contributed by atoms with Crippen LogP contribution in [0.3, 0.4) is 0 Å². The summed E-state index contributed by atoms with van der Waals surface area (Å²) in [6, 6.07) is 13.4. The normalized spacial score (nSPS) is 10.2. The number of nitrogens with zero attached hydrogens (tertiary/aromatic N) is 1. The lowest BCUT2D eigenvalue weighted by Crippen LogP contribution is -2.19. The fourth-order valence-electron chi connectivity index (χ4n) is 2.12. The Balaban J connectivity index is 2.25. The number of para-hydroxylation sites is 1. The molecule has 0 spiro atoms. The van der Waals surface area contributed by atoms with Gasteiger partial charge in [0.2, 0.25) is 0 Å². The maximum Gasteiger partial charge on any atom is 0.340 e. The lowest BCUT2D eigenvalue weighted by atomic mass is 10.1. The summed E-state index contributed by atoms with van der Waals surface area (Å²) in [6.45, 7) is 0.697. The van der Waals surface area contributed by atoms with Crippen molar-refractivity contribution in [3.63, 3.8) is 0 Å². The second-order valence-corrected chi connectivity index (χ2v) is 5.63. The summed E-state index contributed by atoms with van der Waals surface area (Å²) in [5.41, 5.74) is 8.87. The molecule has 21 heavy (non-hydrogen) atoms. The standard InChI is InChI=1S/C16H17BrN2O2/c1-19(10-11-6-8-12(17)9-7-11)14-5-3-4-13(15(14)18)16(20)21-2/h3-9H,10,18H2,1-2H3. The number of esters is 1. The van der Waals surface area contributed by atoms with Crippen LogP contribution in [0.4, 0.5) is 11.4 Å². The highest BCUT2D eigenvalue weighted by Crippen LogP contribution is 2.27. The van der Waals surface area contributed by atoms with Gasteiger partial charge in [-0.3, -0.25) is 0 Å². The molecule has 0 fully saturated rings. The highest BCUT2D eigenvalue weighted by molar-refractivity contribution is 9.10. The van der Waals surface area contributed by atoms with Crippen molar-refractivity contribution in [2.75, 3.05) is 24.8 Å². The van der Waals surface area contributed by atoms with E-state index in [1.165, 1.54) is 7.11 Å². The smallest absolute Gasteiger partial charge is 0.340 e. The molecule has 0 saturated heterocycles. The minimum Gasteiger partial charge on any atom is -0.465 e. The lowest BCUT2D eigenvalue weighted by Gasteiger charge is -2.22. The predicted molar refractivity (Wildman–Crippen MR) is 88.4 cm³/mol. The molecule has 0 aliphatic heterocycles. The number of hydrogen-bond donors (Lipinski definition) is 1. The maximum absolute atomic E-state index is 11.7. The largest absolute Gasteiger partial charge is 0.465 e. The topological polar surface area (TPSA) is 55.6 Å². The van der Waals surface area contributed by atoms with Gasteiger partial charge in [-0.25, -0.2) is 4.79 Å². The zero-order valence-corrected chi connectivity index (χ0v) is 13.6. The number of halogens is 1. The van der Waals surface area contributed by atoms with E-state index < -0.39 is 5.97 Å². The first-order chi connectivity index (χ1) is 10.0. The van der Waals surface area contributed by atoms with Crippen molar-refractivity contribution in [3.05, 3.63) is 58.1 Å². The van der Waals surface area contributed by atoms with Crippen LogP contribution in [-0.4, -0.2) is 20.1 Å². The number of hydrogen-bond acceptors (Lipinski definition) is 4. The van der Waals surface area contributed by atoms with E-state index in [2.05, 4.69) is 15.9 Å². The first-order valence-electron chi connectivity index (χ1n) is 6.45. The van der Waals surface area contributed by atoms with Crippen molar-refractivity contribution in [3.8, 4) is 0 Å². The van der Waals surface area contributed by atoms with Crippen LogP contribution in [0.15, 0.2) is 46.9 Å². The van der Waals surface area contributed by atoms with E-state index >= 15 is 0 Å². The second-order valence-electron chi connectivity index (χ2n) is 4.71. The molecule has 0 aliphatic rings. The molecule has 5 heteroatoms. The van der Waals surface area contributed by atoms with Crippen molar-refractivity contribution >= 4 is 33.3 Å². The van der Waals surface area contributed by atoms with Crippen molar-refractivity contribution in [1.82, 2.24) is 0 Å². The molecule has 2 aromatic rings. The van der Waals surface area contributed by atoms with Gasteiger partial charge >= 0.3 is 5.97 Å². The summed E-state index contributed by atoms with van der Waals surface area (Å²) in [6.07, 6.45) is 0. The van der Waals surface area contributed by atoms with Crippen LogP contribution < -0.4 is 10.6 Å². The zero-order chi connectivity index (χ0) is 15.4. The summed E-state index contributed by atoms with van der Waals surface area (Å²) >= 11 is 3.42. The molecule has 0 heterocycles. The number of carbonyl (C=O) groups excluding carboxylic acids is 1. The second kappa shape index (κ2) is 6.63. The highest BCUT2D eigenvalue weighted by atomic mass is 79.9. The molecule has 2 N–H and O–H groups in total. The van der Waals surface area contributed by atoms with Gasteiger partial charge in [0, 0.05) is 18.1 Å². The average molecular weight is 349 g/mol. The van der Waals surface area contributed by atoms with Crippen LogP contribution in [0.5, 0.6) is 0 Å². The zero-order valence-electron chi connectivity index (χ0n) is 12.0. The van der Waals surface area contributed by atoms with E-state index in [1.54, 1.807) is 12.1 Å². The molecule has 0 amide bonds. The average Bonchev–Trinajstić information content (AvgIpc) is 2.49. The van der Waals surface area contributed by atoms with Gasteiger partial charge in [0.15, 0.2) is 0 Å². The monoisotopic (exact) mass is 348 g/mol. The number of rotatable bonds is 4. The first-order valence-corrected chi connectivity index (χ1v) is 7.24. The minimum absolute atomic E-state index is 0.387. The number of benzene rings is 2. The summed E-state index contributed by atoms with van der Waals surface area (Å²) in [4.78, 5) is 13.7. The van der Waals surface area contributed by atoms with Gasteiger partial charge < -0.3 is 15.4 Å². The molecule has 2 aromatic carbocycles. The van der Waals surface area contributed by atoms with Gasteiger partial charge in [-0.15, -0.1) is 0 Å². The molecule has 4 nitrogen and oxygen atoms in total. The van der Waals surface area contributed by atoms with Gasteiger partial charge in [-0.1, -0.05) is 34.1 Å². The van der Waals surface area contributed by atoms with E-state index in [0.29, 0.717) is 17.8 Å². The van der Waals surface area contributed by atoms with Crippen LogP contribution >= 0.6 is 15.9 Å². The highest BCUT2D eigenvalue weighted by Gasteiger charge is 2.15. The third-order valence-electron chi connectivity index (χ3n) is 3.23. The number of anilines is 2. The number of nitrogen functional groups attached to an aromatic ring is 1. The number of nitrogens with two attached hydrogens (primary N) is 1. The molecule has 0 saturated carbocycles. The number of carbonyl (C=O) groups is 1. The Bertz CT molecular complexity index is 641. The van der Waals surface area contributed by atoms with Gasteiger partial charge in [0.05, 0.1) is 24.0 Å². The Morgan fingerprint density at radius 2 is 1.90 bits per heavy atom. The minimum atomic E-state index is -0.425. The van der Waals surface area contributed by atoms with Crippen molar-refractivity contribution in [1.29, 1.82) is 0 Å². The van der Waals surface area contributed by atoms with Crippen molar-refractivity contribution < 1.29 is 9.53 Å². The number of methoxy groups -OCH3 is 1. The molecule has 0 radical (unpaired) electrons. The van der Waals surface area contributed by atoms with E-state index in [9.17, 15) is 4.79 Å². The lowest BCUT2D eigenvalue weighted by molar-refractivity contribution is 0.0602. The molecule has 0 unspecified atom stereocenters. The van der Waals surface area contributed by atoms with Crippen LogP contribution in [0.2, 0.25) is 0 Å². The molecular weight excluding hydrogens is 332 g/mol. The first kappa shape index (κ1) is 15.4. The van der Waals surface area contributed by atoms with Crippen LogP contribution in [0, 0.1) is 0 Å². The van der Waals surface area contributed by atoms with Gasteiger partial charge in [-0.05, 0) is 29.8 Å².